The molecule has 0 aliphatic carbocycles. The monoisotopic (exact) mass is 422 g/mol. The Balaban J connectivity index is 1.51. The maximum absolute atomic E-state index is 11.6. The van der Waals surface area contributed by atoms with Gasteiger partial charge < -0.3 is 24.0 Å². The van der Waals surface area contributed by atoms with Crippen molar-refractivity contribution in [2.75, 3.05) is 57.9 Å². The molecule has 0 bridgehead atoms. The van der Waals surface area contributed by atoms with Gasteiger partial charge in [-0.25, -0.2) is 9.78 Å². The topological polar surface area (TPSA) is 80.1 Å². The van der Waals surface area contributed by atoms with Crippen LogP contribution in [-0.2, 0) is 11.3 Å². The fourth-order valence-corrected chi connectivity index (χ4v) is 3.69. The van der Waals surface area contributed by atoms with Crippen molar-refractivity contribution in [1.29, 1.82) is 0 Å². The van der Waals surface area contributed by atoms with E-state index in [0.717, 1.165) is 50.8 Å². The van der Waals surface area contributed by atoms with Crippen LogP contribution in [0.3, 0.4) is 0 Å². The molecule has 3 rings (SSSR count). The van der Waals surface area contributed by atoms with Gasteiger partial charge in [0.05, 0.1) is 24.4 Å². The third-order valence-corrected chi connectivity index (χ3v) is 5.32. The minimum absolute atomic E-state index is 0.0239. The van der Waals surface area contributed by atoms with Crippen LogP contribution in [0.15, 0.2) is 24.4 Å². The molecular formula is C20H27ClN4O4. The van der Waals surface area contributed by atoms with Crippen molar-refractivity contribution < 1.29 is 19.4 Å². The average molecular weight is 423 g/mol. The second-order valence-electron chi connectivity index (χ2n) is 6.87. The summed E-state index contributed by atoms with van der Waals surface area (Å²) in [7, 11) is 1.36. The van der Waals surface area contributed by atoms with Crippen molar-refractivity contribution in [1.82, 2.24) is 14.5 Å². The van der Waals surface area contributed by atoms with Crippen LogP contribution < -0.4 is 9.64 Å². The van der Waals surface area contributed by atoms with E-state index in [1.54, 1.807) is 12.3 Å². The molecular weight excluding hydrogens is 396 g/mol. The number of carbonyl (C=O) groups excluding carboxylic acids is 1. The summed E-state index contributed by atoms with van der Waals surface area (Å²) in [5.74, 6) is 1.05. The van der Waals surface area contributed by atoms with Crippen molar-refractivity contribution in [2.45, 2.75) is 13.5 Å². The number of esters is 1. The molecule has 2 aromatic rings. The molecule has 0 spiro atoms. The lowest BCUT2D eigenvalue weighted by atomic mass is 10.2. The number of aliphatic hydroxyl groups excluding tert-OH is 1. The summed E-state index contributed by atoms with van der Waals surface area (Å²) in [5.41, 5.74) is 1.34. The number of piperazine rings is 1. The molecule has 0 saturated carbocycles. The number of rotatable bonds is 8. The fraction of sp³-hybridized carbons (Fsp3) is 0.500. The summed E-state index contributed by atoms with van der Waals surface area (Å²) in [5, 5.41) is 9.50. The lowest BCUT2D eigenvalue weighted by molar-refractivity contribution is 0.0594. The highest BCUT2D eigenvalue weighted by Gasteiger charge is 2.20. The first kappa shape index (κ1) is 21.4. The van der Waals surface area contributed by atoms with Gasteiger partial charge in [-0.1, -0.05) is 11.6 Å². The van der Waals surface area contributed by atoms with Gasteiger partial charge in [0.1, 0.15) is 18.2 Å². The van der Waals surface area contributed by atoms with Crippen molar-refractivity contribution in [3.63, 3.8) is 0 Å². The number of aryl methyl sites for hydroxylation is 1. The number of halogens is 1. The second-order valence-corrected chi connectivity index (χ2v) is 7.28. The first-order valence-corrected chi connectivity index (χ1v) is 10.0. The minimum atomic E-state index is -0.412. The lowest BCUT2D eigenvalue weighted by Crippen LogP contribution is -2.47. The van der Waals surface area contributed by atoms with E-state index in [2.05, 4.69) is 14.8 Å². The van der Waals surface area contributed by atoms with Crippen LogP contribution in [0.1, 0.15) is 16.3 Å². The maximum atomic E-state index is 11.6. The maximum Gasteiger partial charge on any atom is 0.358 e. The van der Waals surface area contributed by atoms with E-state index in [9.17, 15) is 4.79 Å². The number of benzene rings is 1. The van der Waals surface area contributed by atoms with E-state index < -0.39 is 5.97 Å². The van der Waals surface area contributed by atoms with Crippen LogP contribution in [0, 0.1) is 6.92 Å². The molecule has 1 fully saturated rings. The zero-order chi connectivity index (χ0) is 20.8. The molecule has 1 aliphatic rings. The van der Waals surface area contributed by atoms with Gasteiger partial charge in [-0.2, -0.15) is 0 Å². The van der Waals surface area contributed by atoms with E-state index in [4.69, 9.17) is 26.2 Å². The molecule has 9 heteroatoms. The summed E-state index contributed by atoms with van der Waals surface area (Å²) < 4.78 is 12.1. The van der Waals surface area contributed by atoms with Gasteiger partial charge in [0.25, 0.3) is 0 Å². The molecule has 1 aromatic carbocycles. The summed E-state index contributed by atoms with van der Waals surface area (Å²) in [6.45, 7) is 7.39. The predicted octanol–water partition coefficient (Wildman–Crippen LogP) is 1.82. The second kappa shape index (κ2) is 9.96. The molecule has 1 N–H and O–H groups in total. The number of hydrogen-bond acceptors (Lipinski definition) is 7. The van der Waals surface area contributed by atoms with E-state index in [1.165, 1.54) is 7.11 Å². The normalized spacial score (nSPS) is 14.8. The number of aromatic nitrogens is 2. The van der Waals surface area contributed by atoms with Crippen molar-refractivity contribution >= 4 is 23.3 Å². The SMILES string of the molecule is COC(=O)c1cn(CCN2CCN(c3ccc(OCCO)cc3Cl)CC2)c(C)n1. The van der Waals surface area contributed by atoms with Gasteiger partial charge in [-0.05, 0) is 19.1 Å². The molecule has 0 amide bonds. The third-order valence-electron chi connectivity index (χ3n) is 5.02. The standard InChI is InChI=1S/C20H27ClN4O4/c1-15-22-18(20(27)28-2)14-25(15)10-7-23-5-8-24(9-6-23)19-4-3-16(13-17(19)21)29-12-11-26/h3-4,13-14,26H,5-12H2,1-2H3. The predicted molar refractivity (Wildman–Crippen MR) is 111 cm³/mol. The summed E-state index contributed by atoms with van der Waals surface area (Å²) in [4.78, 5) is 20.5. The van der Waals surface area contributed by atoms with Crippen LogP contribution in [-0.4, -0.2) is 78.6 Å². The van der Waals surface area contributed by atoms with Gasteiger partial charge in [0.2, 0.25) is 0 Å². The first-order chi connectivity index (χ1) is 14.0. The quantitative estimate of drug-likeness (QED) is 0.650. The van der Waals surface area contributed by atoms with Crippen LogP contribution in [0.5, 0.6) is 5.75 Å². The zero-order valence-electron chi connectivity index (χ0n) is 16.8. The molecule has 8 nitrogen and oxygen atoms in total. The molecule has 0 unspecified atom stereocenters. The summed E-state index contributed by atoms with van der Waals surface area (Å²) >= 11 is 6.43. The van der Waals surface area contributed by atoms with Gasteiger partial charge >= 0.3 is 5.97 Å². The number of imidazole rings is 1. The van der Waals surface area contributed by atoms with Gasteiger partial charge in [-0.15, -0.1) is 0 Å². The third kappa shape index (κ3) is 5.41. The minimum Gasteiger partial charge on any atom is -0.491 e. The van der Waals surface area contributed by atoms with Crippen LogP contribution in [0.2, 0.25) is 5.02 Å². The highest BCUT2D eigenvalue weighted by Crippen LogP contribution is 2.30. The Hall–Kier alpha value is -2.29. The van der Waals surface area contributed by atoms with Crippen molar-refractivity contribution in [3.8, 4) is 5.75 Å². The molecule has 0 atom stereocenters. The highest BCUT2D eigenvalue weighted by atomic mass is 35.5. The van der Waals surface area contributed by atoms with Gasteiger partial charge in [0.15, 0.2) is 5.69 Å². The number of ether oxygens (including phenoxy) is 2. The van der Waals surface area contributed by atoms with Crippen molar-refractivity contribution in [2.24, 2.45) is 0 Å². The Labute approximate surface area is 175 Å². The van der Waals surface area contributed by atoms with Gasteiger partial charge in [-0.3, -0.25) is 4.90 Å². The number of hydrogen-bond donors (Lipinski definition) is 1. The Morgan fingerprint density at radius 2 is 2.00 bits per heavy atom. The highest BCUT2D eigenvalue weighted by molar-refractivity contribution is 6.33. The Morgan fingerprint density at radius 1 is 1.24 bits per heavy atom. The lowest BCUT2D eigenvalue weighted by Gasteiger charge is -2.36. The molecule has 1 aliphatic heterocycles. The largest absolute Gasteiger partial charge is 0.491 e. The number of nitrogens with zero attached hydrogens (tertiary/aromatic N) is 4. The van der Waals surface area contributed by atoms with Crippen LogP contribution in [0.25, 0.3) is 0 Å². The first-order valence-electron chi connectivity index (χ1n) is 9.64. The summed E-state index contributed by atoms with van der Waals surface area (Å²) in [6, 6.07) is 5.64. The Morgan fingerprint density at radius 3 is 2.66 bits per heavy atom. The average Bonchev–Trinajstić information content (AvgIpc) is 3.11. The van der Waals surface area contributed by atoms with E-state index in [1.807, 2.05) is 23.6 Å². The van der Waals surface area contributed by atoms with Crippen LogP contribution in [0.4, 0.5) is 5.69 Å². The summed E-state index contributed by atoms with van der Waals surface area (Å²) in [6.07, 6.45) is 1.75. The molecule has 29 heavy (non-hydrogen) atoms. The molecule has 0 radical (unpaired) electrons. The number of methoxy groups -OCH3 is 1. The molecule has 158 valence electrons. The van der Waals surface area contributed by atoms with E-state index >= 15 is 0 Å². The van der Waals surface area contributed by atoms with E-state index in [0.29, 0.717) is 16.5 Å². The Kier molecular flexibility index (Phi) is 7.35. The van der Waals surface area contributed by atoms with Crippen molar-refractivity contribution in [3.05, 3.63) is 40.9 Å². The van der Waals surface area contributed by atoms with Gasteiger partial charge in [0, 0.05) is 51.5 Å². The number of carbonyl (C=O) groups is 1. The number of anilines is 1. The zero-order valence-corrected chi connectivity index (χ0v) is 17.6. The molecule has 1 aromatic heterocycles. The van der Waals surface area contributed by atoms with E-state index in [-0.39, 0.29) is 13.2 Å². The fourth-order valence-electron chi connectivity index (χ4n) is 3.40. The molecule has 2 heterocycles. The molecule has 1 saturated heterocycles. The smallest absolute Gasteiger partial charge is 0.358 e. The Bertz CT molecular complexity index is 834. The number of aliphatic hydroxyl groups is 1. The van der Waals surface area contributed by atoms with Crippen LogP contribution >= 0.6 is 11.6 Å².